The minimum Gasteiger partial charge on any atom is -0.347 e. The second kappa shape index (κ2) is 7.59. The summed E-state index contributed by atoms with van der Waals surface area (Å²) in [5.74, 6) is 0.963. The Balaban J connectivity index is 1.34. The van der Waals surface area contributed by atoms with Crippen LogP contribution < -0.4 is 5.32 Å². The number of aryl methyl sites for hydroxylation is 2. The third-order valence-corrected chi connectivity index (χ3v) is 5.42. The van der Waals surface area contributed by atoms with E-state index in [4.69, 9.17) is 4.98 Å². The lowest BCUT2D eigenvalue weighted by Crippen LogP contribution is -2.41. The van der Waals surface area contributed by atoms with Gasteiger partial charge in [-0.25, -0.2) is 4.98 Å². The van der Waals surface area contributed by atoms with Gasteiger partial charge >= 0.3 is 0 Å². The molecule has 0 bridgehead atoms. The average Bonchev–Trinajstić information content (AvgIpc) is 3.38. The van der Waals surface area contributed by atoms with Crippen LogP contribution in [-0.4, -0.2) is 36.3 Å². The summed E-state index contributed by atoms with van der Waals surface area (Å²) < 4.78 is 3.83. The molecule has 1 unspecified atom stereocenters. The summed E-state index contributed by atoms with van der Waals surface area (Å²) in [4.78, 5) is 21.9. The lowest BCUT2D eigenvalue weighted by Gasteiger charge is -2.24. The van der Waals surface area contributed by atoms with Crippen LogP contribution in [0.1, 0.15) is 22.6 Å². The number of fused-ring (bicyclic) bond motifs is 1. The third-order valence-electron chi connectivity index (χ3n) is 5.42. The van der Waals surface area contributed by atoms with Crippen molar-refractivity contribution in [1.82, 2.24) is 29.6 Å². The van der Waals surface area contributed by atoms with E-state index >= 15 is 0 Å². The van der Waals surface area contributed by atoms with Crippen LogP contribution in [0.25, 0.3) is 22.5 Å². The van der Waals surface area contributed by atoms with Crippen molar-refractivity contribution < 1.29 is 4.79 Å². The fraction of sp³-hybridized carbons (Fsp3) is 0.217. The number of hydrogen-bond donors (Lipinski definition) is 1. The number of benzene rings is 1. The van der Waals surface area contributed by atoms with Crippen molar-refractivity contribution in [2.45, 2.75) is 25.4 Å². The maximum absolute atomic E-state index is 13.1. The van der Waals surface area contributed by atoms with Crippen LogP contribution >= 0.6 is 0 Å². The number of nitrogens with zero attached hydrogens (tertiary/aromatic N) is 5. The van der Waals surface area contributed by atoms with E-state index in [9.17, 15) is 4.79 Å². The second-order valence-electron chi connectivity index (χ2n) is 7.57. The zero-order valence-corrected chi connectivity index (χ0v) is 16.7. The van der Waals surface area contributed by atoms with Crippen molar-refractivity contribution in [1.29, 1.82) is 0 Å². The Hall–Kier alpha value is -3.74. The summed E-state index contributed by atoms with van der Waals surface area (Å²) in [6.45, 7) is 0.714. The summed E-state index contributed by atoms with van der Waals surface area (Å²) in [6, 6.07) is 14.0. The summed E-state index contributed by atoms with van der Waals surface area (Å²) in [6.07, 6.45) is 8.96. The first kappa shape index (κ1) is 18.3. The van der Waals surface area contributed by atoms with Gasteiger partial charge in [-0.2, -0.15) is 5.10 Å². The smallest absolute Gasteiger partial charge is 0.255 e. The Kier molecular flexibility index (Phi) is 4.63. The normalized spacial score (nSPS) is 15.6. The molecule has 1 aliphatic heterocycles. The van der Waals surface area contributed by atoms with Gasteiger partial charge in [0, 0.05) is 62.0 Å². The number of nitrogens with one attached hydrogen (secondary N) is 1. The maximum atomic E-state index is 13.1. The van der Waals surface area contributed by atoms with E-state index in [1.165, 1.54) is 0 Å². The molecular weight excluding hydrogens is 376 g/mol. The number of carbonyl (C=O) groups excluding carboxylic acids is 1. The molecule has 0 saturated heterocycles. The van der Waals surface area contributed by atoms with Gasteiger partial charge < -0.3 is 9.88 Å². The lowest BCUT2D eigenvalue weighted by molar-refractivity contribution is 0.0928. The van der Waals surface area contributed by atoms with Crippen molar-refractivity contribution in [3.63, 3.8) is 0 Å². The monoisotopic (exact) mass is 398 g/mol. The Morgan fingerprint density at radius 1 is 1.07 bits per heavy atom. The van der Waals surface area contributed by atoms with E-state index in [1.807, 2.05) is 37.4 Å². The highest BCUT2D eigenvalue weighted by atomic mass is 16.1. The van der Waals surface area contributed by atoms with Crippen molar-refractivity contribution in [2.75, 3.05) is 0 Å². The zero-order chi connectivity index (χ0) is 20.5. The van der Waals surface area contributed by atoms with E-state index in [0.717, 1.165) is 35.5 Å². The van der Waals surface area contributed by atoms with Gasteiger partial charge in [-0.1, -0.05) is 30.3 Å². The zero-order valence-electron chi connectivity index (χ0n) is 16.7. The van der Waals surface area contributed by atoms with Crippen LogP contribution in [0.2, 0.25) is 0 Å². The van der Waals surface area contributed by atoms with E-state index in [2.05, 4.69) is 38.3 Å². The number of rotatable bonds is 4. The van der Waals surface area contributed by atoms with E-state index in [1.54, 1.807) is 23.3 Å². The van der Waals surface area contributed by atoms with E-state index in [0.29, 0.717) is 17.8 Å². The Bertz CT molecular complexity index is 1180. The maximum Gasteiger partial charge on any atom is 0.255 e. The van der Waals surface area contributed by atoms with Crippen LogP contribution in [0.4, 0.5) is 0 Å². The summed E-state index contributed by atoms with van der Waals surface area (Å²) >= 11 is 0. The minimum atomic E-state index is -0.105. The molecule has 1 N–H and O–H groups in total. The first-order valence-electron chi connectivity index (χ1n) is 10.0. The molecule has 3 aromatic heterocycles. The molecule has 4 aromatic rings. The van der Waals surface area contributed by atoms with Gasteiger partial charge in [-0.3, -0.25) is 14.5 Å². The van der Waals surface area contributed by atoms with Crippen molar-refractivity contribution in [3.8, 4) is 22.5 Å². The molecule has 7 heteroatoms. The van der Waals surface area contributed by atoms with Crippen LogP contribution in [0.3, 0.4) is 0 Å². The fourth-order valence-corrected chi connectivity index (χ4v) is 3.95. The number of hydrogen-bond acceptors (Lipinski definition) is 4. The standard InChI is InChI=1S/C23H22N6O/c1-28-14-19(22(27-28)17-9-11-24-12-10-17)23(30)25-18-7-8-21-26-20(15-29(21)13-18)16-5-3-2-4-6-16/h2-6,9-12,14-15,18H,7-8,13H2,1H3,(H,25,30). The van der Waals surface area contributed by atoms with Gasteiger partial charge in [0.2, 0.25) is 0 Å². The molecular formula is C23H22N6O. The van der Waals surface area contributed by atoms with Crippen molar-refractivity contribution in [2.24, 2.45) is 7.05 Å². The largest absolute Gasteiger partial charge is 0.347 e. The molecule has 1 amide bonds. The predicted octanol–water partition coefficient (Wildman–Crippen LogP) is 3.09. The SMILES string of the molecule is Cn1cc(C(=O)NC2CCc3nc(-c4ccccc4)cn3C2)c(-c2ccncc2)n1. The summed E-state index contributed by atoms with van der Waals surface area (Å²) in [7, 11) is 1.82. The quantitative estimate of drug-likeness (QED) is 0.573. The van der Waals surface area contributed by atoms with Crippen molar-refractivity contribution in [3.05, 3.63) is 78.6 Å². The number of imidazole rings is 1. The van der Waals surface area contributed by atoms with Crippen molar-refractivity contribution >= 4 is 5.91 Å². The molecule has 1 aliphatic rings. The van der Waals surface area contributed by atoms with Crippen LogP contribution in [0.5, 0.6) is 0 Å². The van der Waals surface area contributed by atoms with E-state index in [-0.39, 0.29) is 11.9 Å². The lowest BCUT2D eigenvalue weighted by atomic mass is 10.1. The van der Waals surface area contributed by atoms with E-state index < -0.39 is 0 Å². The highest BCUT2D eigenvalue weighted by Crippen LogP contribution is 2.24. The Morgan fingerprint density at radius 3 is 2.67 bits per heavy atom. The molecule has 4 heterocycles. The fourth-order valence-electron chi connectivity index (χ4n) is 3.95. The molecule has 0 spiro atoms. The molecule has 1 atom stereocenters. The third kappa shape index (κ3) is 3.50. The number of carbonyl (C=O) groups is 1. The topological polar surface area (TPSA) is 77.6 Å². The van der Waals surface area contributed by atoms with Gasteiger partial charge in [0.25, 0.3) is 5.91 Å². The summed E-state index contributed by atoms with van der Waals surface area (Å²) in [5, 5.41) is 7.67. The minimum absolute atomic E-state index is 0.0494. The highest BCUT2D eigenvalue weighted by Gasteiger charge is 2.24. The molecule has 0 aliphatic carbocycles. The van der Waals surface area contributed by atoms with Gasteiger partial charge in [0.1, 0.15) is 11.5 Å². The second-order valence-corrected chi connectivity index (χ2v) is 7.57. The Labute approximate surface area is 174 Å². The molecule has 150 valence electrons. The van der Waals surface area contributed by atoms with Gasteiger partial charge in [-0.15, -0.1) is 0 Å². The molecule has 0 saturated carbocycles. The molecule has 7 nitrogen and oxygen atoms in total. The van der Waals surface area contributed by atoms with Gasteiger partial charge in [0.15, 0.2) is 0 Å². The number of amides is 1. The van der Waals surface area contributed by atoms with Crippen LogP contribution in [-0.2, 0) is 20.0 Å². The highest BCUT2D eigenvalue weighted by molar-refractivity contribution is 5.99. The van der Waals surface area contributed by atoms with Crippen LogP contribution in [0, 0.1) is 0 Å². The summed E-state index contributed by atoms with van der Waals surface area (Å²) in [5.41, 5.74) is 4.21. The molecule has 0 radical (unpaired) electrons. The Morgan fingerprint density at radius 2 is 1.87 bits per heavy atom. The van der Waals surface area contributed by atoms with Gasteiger partial charge in [0.05, 0.1) is 11.3 Å². The number of aromatic nitrogens is 5. The predicted molar refractivity (Wildman–Crippen MR) is 114 cm³/mol. The molecule has 1 aromatic carbocycles. The molecule has 5 rings (SSSR count). The van der Waals surface area contributed by atoms with Crippen LogP contribution in [0.15, 0.2) is 67.3 Å². The molecule has 30 heavy (non-hydrogen) atoms. The first-order chi connectivity index (χ1) is 14.7. The van der Waals surface area contributed by atoms with Gasteiger partial charge in [-0.05, 0) is 18.6 Å². The number of pyridine rings is 1. The molecule has 0 fully saturated rings. The first-order valence-corrected chi connectivity index (χ1v) is 10.0. The average molecular weight is 398 g/mol.